The largest absolute Gasteiger partial charge is 0.507 e. The normalized spacial score (nSPS) is 21.8. The van der Waals surface area contributed by atoms with E-state index in [9.17, 15) is 29.4 Å². The Morgan fingerprint density at radius 2 is 1.63 bits per heavy atom. The monoisotopic (exact) mass is 737 g/mol. The lowest BCUT2D eigenvalue weighted by molar-refractivity contribution is -0.148. The van der Waals surface area contributed by atoms with Crippen molar-refractivity contribution >= 4 is 58.9 Å². The number of carbonyl (C=O) groups excluding carboxylic acids is 3. The molecule has 2 aromatic rings. The second kappa shape index (κ2) is 15.4. The van der Waals surface area contributed by atoms with Crippen LogP contribution in [0.4, 0.5) is 15.3 Å². The number of halogens is 1. The first-order valence-electron chi connectivity index (χ1n) is 17.5. The quantitative estimate of drug-likeness (QED) is 0.369. The first-order chi connectivity index (χ1) is 23.6. The number of likely N-dealkylation sites (tertiary alicyclic amines) is 3. The summed E-state index contributed by atoms with van der Waals surface area (Å²) in [5.74, 6) is -0.949. The van der Waals surface area contributed by atoms with Gasteiger partial charge in [0.05, 0.1) is 4.47 Å². The third-order valence-corrected chi connectivity index (χ3v) is 11.2. The Kier molecular flexibility index (Phi) is 11.0. The van der Waals surface area contributed by atoms with Crippen LogP contribution in [0.3, 0.4) is 0 Å². The third-order valence-electron chi connectivity index (χ3n) is 10.6. The van der Waals surface area contributed by atoms with E-state index in [-0.39, 0.29) is 36.2 Å². The Hall–Kier alpha value is -3.78. The number of urea groups is 1. The number of fused-ring (bicyclic) bond motifs is 1. The molecular weight excluding hydrogens is 693 g/mol. The Labute approximate surface area is 296 Å². The highest BCUT2D eigenvalue weighted by Crippen LogP contribution is 2.29. The van der Waals surface area contributed by atoms with Crippen LogP contribution < -0.4 is 10.8 Å². The summed E-state index contributed by atoms with van der Waals surface area (Å²) in [5, 5.41) is 23.1. The van der Waals surface area contributed by atoms with Crippen LogP contribution in [0.25, 0.3) is 0 Å². The van der Waals surface area contributed by atoms with Gasteiger partial charge in [-0.15, -0.1) is 0 Å². The van der Waals surface area contributed by atoms with E-state index >= 15 is 0 Å². The zero-order valence-electron chi connectivity index (χ0n) is 28.0. The molecule has 12 nitrogen and oxygen atoms in total. The molecule has 4 heterocycles. The molecule has 0 aromatic heterocycles. The molecule has 0 aliphatic carbocycles. The number of nitrogens with zero attached hydrogens (tertiary/aromatic N) is 4. The molecule has 0 radical (unpaired) electrons. The van der Waals surface area contributed by atoms with Crippen molar-refractivity contribution in [1.29, 1.82) is 0 Å². The van der Waals surface area contributed by atoms with Crippen LogP contribution in [-0.2, 0) is 27.2 Å². The lowest BCUT2D eigenvalue weighted by Gasteiger charge is -2.43. The van der Waals surface area contributed by atoms with E-state index in [4.69, 9.17) is 4.74 Å². The predicted molar refractivity (Wildman–Crippen MR) is 190 cm³/mol. The van der Waals surface area contributed by atoms with Crippen molar-refractivity contribution in [2.75, 3.05) is 44.6 Å². The summed E-state index contributed by atoms with van der Waals surface area (Å²) in [6.45, 7) is 3.05. The molecular formula is C35H45BBrN5O7. The standard InChI is InChI=1S/C35H45BBrN5O7/c36-26-19-22(20-27(37)31(26)43)21-30(32(44)39-14-9-24(10-15-39)41-13-4-3-7-29(41)33(45)46)49-35(48)40-16-11-25(12-17-40)42-18-8-23-5-1-2-6-28(23)38-34(42)47/h1-2,5-6,19-20,24-25,29-30,43H,3-4,7-18,21,36H2,(H,38,47)(H,45,46)/t29-,30-/m1/s1. The number of rotatable bonds is 7. The minimum absolute atomic E-state index is 0.0185. The zero-order chi connectivity index (χ0) is 34.7. The molecule has 49 heavy (non-hydrogen) atoms. The number of nitrogens with one attached hydrogen (secondary N) is 1. The molecule has 0 bridgehead atoms. The number of hydrogen-bond donors (Lipinski definition) is 3. The van der Waals surface area contributed by atoms with Crippen LogP contribution in [0.1, 0.15) is 56.1 Å². The second-order valence-corrected chi connectivity index (χ2v) is 14.6. The molecule has 4 aliphatic heterocycles. The third kappa shape index (κ3) is 8.01. The van der Waals surface area contributed by atoms with Gasteiger partial charge in [0.15, 0.2) is 6.10 Å². The van der Waals surface area contributed by atoms with Crippen LogP contribution in [0.5, 0.6) is 5.75 Å². The van der Waals surface area contributed by atoms with Crippen LogP contribution >= 0.6 is 15.9 Å². The number of piperidine rings is 3. The van der Waals surface area contributed by atoms with Crippen molar-refractivity contribution in [3.8, 4) is 5.75 Å². The number of hydrogen-bond acceptors (Lipinski definition) is 7. The minimum atomic E-state index is -1.07. The summed E-state index contributed by atoms with van der Waals surface area (Å²) in [6, 6.07) is 10.8. The second-order valence-electron chi connectivity index (χ2n) is 13.7. The summed E-state index contributed by atoms with van der Waals surface area (Å²) in [6.07, 6.45) is 4.29. The number of anilines is 1. The number of benzene rings is 2. The first kappa shape index (κ1) is 35.1. The van der Waals surface area contributed by atoms with Gasteiger partial charge in [-0.25, -0.2) is 9.59 Å². The minimum Gasteiger partial charge on any atom is -0.507 e. The number of amides is 4. The Morgan fingerprint density at radius 1 is 0.939 bits per heavy atom. The molecule has 0 spiro atoms. The van der Waals surface area contributed by atoms with E-state index in [0.717, 1.165) is 42.6 Å². The highest BCUT2D eigenvalue weighted by atomic mass is 79.9. The topological polar surface area (TPSA) is 143 Å². The maximum Gasteiger partial charge on any atom is 0.410 e. The SMILES string of the molecule is Bc1cc(C[C@@H](OC(=O)N2CCC(N3CCc4ccccc4NC3=O)CC2)C(=O)N2CCC(N3CCCC[C@@H]3C(=O)O)CC2)cc(Br)c1O. The highest BCUT2D eigenvalue weighted by molar-refractivity contribution is 9.10. The molecule has 6 rings (SSSR count). The van der Waals surface area contributed by atoms with Gasteiger partial charge in [-0.1, -0.05) is 30.7 Å². The summed E-state index contributed by atoms with van der Waals surface area (Å²) < 4.78 is 6.51. The van der Waals surface area contributed by atoms with Crippen molar-refractivity contribution in [3.05, 3.63) is 52.0 Å². The van der Waals surface area contributed by atoms with Gasteiger partial charge in [0, 0.05) is 56.9 Å². The van der Waals surface area contributed by atoms with E-state index in [1.165, 1.54) is 0 Å². The van der Waals surface area contributed by atoms with E-state index in [2.05, 4.69) is 26.1 Å². The van der Waals surface area contributed by atoms with Gasteiger partial charge >= 0.3 is 18.1 Å². The number of carboxylic acid groups (broad SMARTS) is 1. The van der Waals surface area contributed by atoms with Crippen molar-refractivity contribution in [2.45, 2.75) is 82.0 Å². The van der Waals surface area contributed by atoms with Gasteiger partial charge in [0.25, 0.3) is 5.91 Å². The molecule has 3 saturated heterocycles. The van der Waals surface area contributed by atoms with E-state index in [1.54, 1.807) is 29.8 Å². The number of phenols is 1. The lowest BCUT2D eigenvalue weighted by Crippen LogP contribution is -2.55. The molecule has 2 atom stereocenters. The highest BCUT2D eigenvalue weighted by Gasteiger charge is 2.39. The van der Waals surface area contributed by atoms with Gasteiger partial charge in [-0.2, -0.15) is 0 Å². The zero-order valence-corrected chi connectivity index (χ0v) is 29.6. The fraction of sp³-hybridized carbons (Fsp3) is 0.543. The summed E-state index contributed by atoms with van der Waals surface area (Å²) in [5.41, 5.74) is 3.32. The number of para-hydroxylation sites is 1. The average Bonchev–Trinajstić information content (AvgIpc) is 3.28. The fourth-order valence-corrected chi connectivity index (χ4v) is 8.50. The lowest BCUT2D eigenvalue weighted by atomic mass is 9.91. The van der Waals surface area contributed by atoms with Gasteiger partial charge < -0.3 is 35.0 Å². The number of carboxylic acids is 1. The first-order valence-corrected chi connectivity index (χ1v) is 18.2. The Morgan fingerprint density at radius 3 is 2.35 bits per heavy atom. The molecule has 4 aliphatic rings. The smallest absolute Gasteiger partial charge is 0.410 e. The molecule has 0 unspecified atom stereocenters. The number of phenolic OH excluding ortho intramolecular Hbond substituents is 1. The predicted octanol–water partition coefficient (Wildman–Crippen LogP) is 2.95. The maximum atomic E-state index is 14.0. The fourth-order valence-electron chi connectivity index (χ4n) is 7.89. The molecule has 3 fully saturated rings. The van der Waals surface area contributed by atoms with E-state index in [0.29, 0.717) is 74.8 Å². The summed E-state index contributed by atoms with van der Waals surface area (Å²) in [7, 11) is 1.77. The van der Waals surface area contributed by atoms with Crippen LogP contribution in [-0.4, -0.2) is 125 Å². The molecule has 4 amide bonds. The number of aliphatic carboxylic acids is 1. The molecule has 2 aromatic carbocycles. The van der Waals surface area contributed by atoms with Crippen molar-refractivity contribution in [1.82, 2.24) is 19.6 Å². The summed E-state index contributed by atoms with van der Waals surface area (Å²) >= 11 is 3.39. The number of ether oxygens (including phenoxy) is 1. The van der Waals surface area contributed by atoms with Gasteiger partial charge in [0.1, 0.15) is 19.6 Å². The van der Waals surface area contributed by atoms with Crippen LogP contribution in [0, 0.1) is 0 Å². The number of carbonyl (C=O) groups is 4. The van der Waals surface area contributed by atoms with E-state index < -0.39 is 24.2 Å². The maximum absolute atomic E-state index is 14.0. The van der Waals surface area contributed by atoms with Gasteiger partial charge in [-0.05, 0) is 96.1 Å². The van der Waals surface area contributed by atoms with Crippen molar-refractivity contribution in [3.63, 3.8) is 0 Å². The average molecular weight is 738 g/mol. The van der Waals surface area contributed by atoms with Gasteiger partial charge in [-0.3, -0.25) is 14.5 Å². The molecule has 0 saturated carbocycles. The van der Waals surface area contributed by atoms with Crippen molar-refractivity contribution < 1.29 is 34.1 Å². The van der Waals surface area contributed by atoms with Crippen molar-refractivity contribution in [2.24, 2.45) is 0 Å². The Balaban J connectivity index is 1.09. The summed E-state index contributed by atoms with van der Waals surface area (Å²) in [4.78, 5) is 60.0. The molecule has 262 valence electrons. The molecule has 3 N–H and O–H groups in total. The van der Waals surface area contributed by atoms with Crippen LogP contribution in [0.2, 0.25) is 0 Å². The molecule has 14 heteroatoms. The number of aromatic hydroxyl groups is 1. The van der Waals surface area contributed by atoms with E-state index in [1.807, 2.05) is 29.2 Å². The van der Waals surface area contributed by atoms with Gasteiger partial charge in [0.2, 0.25) is 0 Å². The Bertz CT molecular complexity index is 1540. The van der Waals surface area contributed by atoms with Crippen LogP contribution in [0.15, 0.2) is 40.9 Å².